The SMILES string of the molecule is Fc1cccc(F)c1Cn1c(NC2CC2)nc2cnc(C(F)(F)F)nc21. The van der Waals surface area contributed by atoms with Gasteiger partial charge in [0.2, 0.25) is 11.8 Å². The van der Waals surface area contributed by atoms with Crippen LogP contribution in [0.15, 0.2) is 24.4 Å². The fourth-order valence-electron chi connectivity index (χ4n) is 2.57. The molecule has 3 aromatic rings. The smallest absolute Gasteiger partial charge is 0.353 e. The Morgan fingerprint density at radius 3 is 2.42 bits per heavy atom. The second kappa shape index (κ2) is 5.89. The van der Waals surface area contributed by atoms with Crippen molar-refractivity contribution in [1.29, 1.82) is 0 Å². The van der Waals surface area contributed by atoms with E-state index in [0.29, 0.717) is 0 Å². The molecule has 26 heavy (non-hydrogen) atoms. The topological polar surface area (TPSA) is 55.6 Å². The summed E-state index contributed by atoms with van der Waals surface area (Å²) in [6.45, 7) is -0.349. The van der Waals surface area contributed by atoms with Crippen LogP contribution in [0.25, 0.3) is 11.2 Å². The van der Waals surface area contributed by atoms with E-state index >= 15 is 0 Å². The average Bonchev–Trinajstić information content (AvgIpc) is 3.31. The summed E-state index contributed by atoms with van der Waals surface area (Å²) in [6, 6.07) is 3.52. The van der Waals surface area contributed by atoms with Crippen molar-refractivity contribution in [2.24, 2.45) is 0 Å². The van der Waals surface area contributed by atoms with Gasteiger partial charge in [-0.1, -0.05) is 6.07 Å². The molecule has 0 bridgehead atoms. The lowest BCUT2D eigenvalue weighted by Gasteiger charge is -2.12. The lowest BCUT2D eigenvalue weighted by atomic mass is 10.2. The third-order valence-corrected chi connectivity index (χ3v) is 4.03. The molecule has 0 unspecified atom stereocenters. The van der Waals surface area contributed by atoms with E-state index in [1.165, 1.54) is 10.6 Å². The molecule has 0 radical (unpaired) electrons. The maximum Gasteiger partial charge on any atom is 0.451 e. The summed E-state index contributed by atoms with van der Waals surface area (Å²) < 4.78 is 68.1. The van der Waals surface area contributed by atoms with Crippen LogP contribution in [0.3, 0.4) is 0 Å². The number of nitrogens with zero attached hydrogens (tertiary/aromatic N) is 4. The minimum atomic E-state index is -4.74. The second-order valence-corrected chi connectivity index (χ2v) is 6.04. The summed E-state index contributed by atoms with van der Waals surface area (Å²) in [6.07, 6.45) is -2.01. The lowest BCUT2D eigenvalue weighted by Crippen LogP contribution is -2.14. The fourth-order valence-corrected chi connectivity index (χ4v) is 2.57. The van der Waals surface area contributed by atoms with E-state index in [0.717, 1.165) is 31.2 Å². The number of benzene rings is 1. The monoisotopic (exact) mass is 369 g/mol. The van der Waals surface area contributed by atoms with E-state index in [9.17, 15) is 22.0 Å². The summed E-state index contributed by atoms with van der Waals surface area (Å²) in [5.41, 5.74) is -0.311. The Balaban J connectivity index is 1.86. The standard InChI is InChI=1S/C16H12F5N5/c17-10-2-1-3-11(18)9(10)7-26-13-12(24-15(26)23-8-4-5-8)6-22-14(25-13)16(19,20)21/h1-3,6,8H,4-5,7H2,(H,23,24). The van der Waals surface area contributed by atoms with Crippen LogP contribution in [0.5, 0.6) is 0 Å². The van der Waals surface area contributed by atoms with Crippen molar-refractivity contribution >= 4 is 17.1 Å². The molecule has 10 heteroatoms. The molecule has 4 rings (SSSR count). The first-order valence-electron chi connectivity index (χ1n) is 7.83. The van der Waals surface area contributed by atoms with Crippen molar-refractivity contribution in [2.45, 2.75) is 31.6 Å². The molecular weight excluding hydrogens is 357 g/mol. The molecule has 1 fully saturated rings. The summed E-state index contributed by atoms with van der Waals surface area (Å²) in [7, 11) is 0. The van der Waals surface area contributed by atoms with Gasteiger partial charge in [0.15, 0.2) is 5.65 Å². The third kappa shape index (κ3) is 3.06. The minimum Gasteiger partial charge on any atom is -0.353 e. The fraction of sp³-hybridized carbons (Fsp3) is 0.312. The Hall–Kier alpha value is -2.78. The average molecular weight is 369 g/mol. The number of aromatic nitrogens is 4. The second-order valence-electron chi connectivity index (χ2n) is 6.04. The van der Waals surface area contributed by atoms with Gasteiger partial charge in [0, 0.05) is 11.6 Å². The zero-order chi connectivity index (χ0) is 18.5. The van der Waals surface area contributed by atoms with Crippen molar-refractivity contribution in [3.8, 4) is 0 Å². The molecule has 1 aliphatic rings. The van der Waals surface area contributed by atoms with Gasteiger partial charge in [0.1, 0.15) is 17.2 Å². The van der Waals surface area contributed by atoms with Crippen LogP contribution < -0.4 is 5.32 Å². The van der Waals surface area contributed by atoms with Crippen LogP contribution in [0, 0.1) is 11.6 Å². The maximum atomic E-state index is 14.0. The van der Waals surface area contributed by atoms with Gasteiger partial charge in [-0.05, 0) is 25.0 Å². The van der Waals surface area contributed by atoms with E-state index < -0.39 is 23.6 Å². The van der Waals surface area contributed by atoms with Crippen molar-refractivity contribution in [2.75, 3.05) is 5.32 Å². The molecule has 136 valence electrons. The molecule has 0 aliphatic heterocycles. The van der Waals surface area contributed by atoms with Gasteiger partial charge in [0.05, 0.1) is 12.7 Å². The number of alkyl halides is 3. The van der Waals surface area contributed by atoms with Crippen LogP contribution >= 0.6 is 0 Å². The van der Waals surface area contributed by atoms with E-state index in [-0.39, 0.29) is 35.3 Å². The molecule has 1 N–H and O–H groups in total. The first-order valence-corrected chi connectivity index (χ1v) is 7.83. The molecule has 0 atom stereocenters. The number of nitrogens with one attached hydrogen (secondary N) is 1. The van der Waals surface area contributed by atoms with E-state index in [1.807, 2.05) is 0 Å². The third-order valence-electron chi connectivity index (χ3n) is 4.03. The van der Waals surface area contributed by atoms with Crippen LogP contribution in [-0.2, 0) is 12.7 Å². The maximum absolute atomic E-state index is 14.0. The minimum absolute atomic E-state index is 0.109. The zero-order valence-electron chi connectivity index (χ0n) is 13.2. The van der Waals surface area contributed by atoms with Gasteiger partial charge in [-0.15, -0.1) is 0 Å². The molecule has 0 amide bonds. The quantitative estimate of drug-likeness (QED) is 0.712. The molecule has 1 saturated carbocycles. The van der Waals surface area contributed by atoms with Crippen molar-refractivity contribution in [1.82, 2.24) is 19.5 Å². The summed E-state index contributed by atoms with van der Waals surface area (Å²) >= 11 is 0. The van der Waals surface area contributed by atoms with Crippen molar-refractivity contribution < 1.29 is 22.0 Å². The first kappa shape index (κ1) is 16.7. The molecule has 1 aliphatic carbocycles. The molecule has 0 saturated heterocycles. The number of halogens is 5. The molecule has 5 nitrogen and oxygen atoms in total. The van der Waals surface area contributed by atoms with Crippen LogP contribution in [0.2, 0.25) is 0 Å². The molecule has 0 spiro atoms. The Kier molecular flexibility index (Phi) is 3.78. The first-order chi connectivity index (χ1) is 12.3. The van der Waals surface area contributed by atoms with Crippen molar-refractivity contribution in [3.63, 3.8) is 0 Å². The van der Waals surface area contributed by atoms with Gasteiger partial charge in [0.25, 0.3) is 0 Å². The van der Waals surface area contributed by atoms with Gasteiger partial charge in [-0.25, -0.2) is 23.7 Å². The largest absolute Gasteiger partial charge is 0.451 e. The predicted octanol–water partition coefficient (Wildman–Crippen LogP) is 3.75. The number of anilines is 1. The van der Waals surface area contributed by atoms with E-state index in [1.54, 1.807) is 0 Å². The number of fused-ring (bicyclic) bond motifs is 1. The zero-order valence-corrected chi connectivity index (χ0v) is 13.2. The van der Waals surface area contributed by atoms with Gasteiger partial charge in [-0.2, -0.15) is 13.2 Å². The molecule has 2 heterocycles. The van der Waals surface area contributed by atoms with E-state index in [4.69, 9.17) is 0 Å². The van der Waals surface area contributed by atoms with E-state index in [2.05, 4.69) is 20.3 Å². The number of hydrogen-bond donors (Lipinski definition) is 1. The molecule has 2 aromatic heterocycles. The number of hydrogen-bond acceptors (Lipinski definition) is 4. The highest BCUT2D eigenvalue weighted by Crippen LogP contribution is 2.30. The highest BCUT2D eigenvalue weighted by Gasteiger charge is 2.35. The Bertz CT molecular complexity index is 957. The van der Waals surface area contributed by atoms with Gasteiger partial charge >= 0.3 is 6.18 Å². The summed E-state index contributed by atoms with van der Waals surface area (Å²) in [5.74, 6) is -2.72. The number of rotatable bonds is 4. The van der Waals surface area contributed by atoms with Crippen LogP contribution in [0.1, 0.15) is 24.2 Å². The number of imidazole rings is 1. The Labute approximate surface area is 143 Å². The normalized spacial score (nSPS) is 14.8. The summed E-state index contributed by atoms with van der Waals surface area (Å²) in [5, 5.41) is 3.05. The van der Waals surface area contributed by atoms with Gasteiger partial charge in [-0.3, -0.25) is 4.57 Å². The van der Waals surface area contributed by atoms with Crippen LogP contribution in [0.4, 0.5) is 27.9 Å². The summed E-state index contributed by atoms with van der Waals surface area (Å²) in [4.78, 5) is 11.0. The highest BCUT2D eigenvalue weighted by molar-refractivity contribution is 5.74. The molecule has 1 aromatic carbocycles. The van der Waals surface area contributed by atoms with Crippen LogP contribution in [-0.4, -0.2) is 25.6 Å². The lowest BCUT2D eigenvalue weighted by molar-refractivity contribution is -0.144. The van der Waals surface area contributed by atoms with Gasteiger partial charge < -0.3 is 5.32 Å². The Morgan fingerprint density at radius 2 is 1.81 bits per heavy atom. The molecular formula is C16H12F5N5. The predicted molar refractivity (Wildman–Crippen MR) is 82.4 cm³/mol. The Morgan fingerprint density at radius 1 is 1.12 bits per heavy atom. The highest BCUT2D eigenvalue weighted by atomic mass is 19.4. The van der Waals surface area contributed by atoms with Crippen molar-refractivity contribution in [3.05, 3.63) is 47.4 Å².